The molecule has 2 heterocycles. The van der Waals surface area contributed by atoms with Crippen LogP contribution in [0.1, 0.15) is 17.7 Å². The number of aromatic nitrogens is 3. The lowest BCUT2D eigenvalue weighted by molar-refractivity contribution is 0.790. The summed E-state index contributed by atoms with van der Waals surface area (Å²) >= 11 is 1.61. The third kappa shape index (κ3) is 2.47. The van der Waals surface area contributed by atoms with Crippen molar-refractivity contribution in [1.29, 1.82) is 0 Å². The van der Waals surface area contributed by atoms with Gasteiger partial charge in [-0.2, -0.15) is 5.10 Å². The molecule has 1 aliphatic carbocycles. The Morgan fingerprint density at radius 1 is 1.26 bits per heavy atom. The van der Waals surface area contributed by atoms with Crippen molar-refractivity contribution in [1.82, 2.24) is 14.8 Å². The fourth-order valence-corrected chi connectivity index (χ4v) is 3.47. The minimum atomic E-state index is 0.959. The molecule has 5 heteroatoms. The number of allylic oxidation sites excluding steroid dienone is 1. The van der Waals surface area contributed by atoms with Gasteiger partial charge in [0.2, 0.25) is 0 Å². The highest BCUT2D eigenvalue weighted by Gasteiger charge is 2.21. The van der Waals surface area contributed by atoms with Crippen molar-refractivity contribution in [3.05, 3.63) is 52.5 Å². The summed E-state index contributed by atoms with van der Waals surface area (Å²) in [6, 6.07) is 8.49. The van der Waals surface area contributed by atoms with Crippen LogP contribution in [-0.4, -0.2) is 28.9 Å². The van der Waals surface area contributed by atoms with Gasteiger partial charge in [0.1, 0.15) is 11.4 Å². The van der Waals surface area contributed by atoms with Crippen LogP contribution in [-0.2, 0) is 6.42 Å². The molecule has 0 atom stereocenters. The van der Waals surface area contributed by atoms with Crippen molar-refractivity contribution in [2.45, 2.75) is 12.8 Å². The van der Waals surface area contributed by atoms with E-state index in [0.29, 0.717) is 0 Å². The maximum absolute atomic E-state index is 4.90. The molecule has 4 rings (SSSR count). The van der Waals surface area contributed by atoms with E-state index in [2.05, 4.69) is 70.5 Å². The summed E-state index contributed by atoms with van der Waals surface area (Å²) in [4.78, 5) is 6.56. The number of rotatable bonds is 3. The Morgan fingerprint density at radius 2 is 2.17 bits per heavy atom. The van der Waals surface area contributed by atoms with Gasteiger partial charge in [-0.05, 0) is 31.0 Å². The Labute approximate surface area is 139 Å². The topological polar surface area (TPSA) is 34.0 Å². The molecule has 0 spiro atoms. The SMILES string of the molecule is CN(C)c1cccc(-n2nc(-c3cscn3)c3c2CCC=C3)c1. The Balaban J connectivity index is 1.90. The minimum Gasteiger partial charge on any atom is -0.378 e. The zero-order valence-electron chi connectivity index (χ0n) is 13.2. The van der Waals surface area contributed by atoms with E-state index in [1.807, 2.05) is 5.51 Å². The summed E-state index contributed by atoms with van der Waals surface area (Å²) in [6.07, 6.45) is 6.48. The average molecular weight is 322 g/mol. The second kappa shape index (κ2) is 5.66. The van der Waals surface area contributed by atoms with Crippen LogP contribution in [0.4, 0.5) is 5.69 Å². The van der Waals surface area contributed by atoms with Crippen molar-refractivity contribution < 1.29 is 0 Å². The molecule has 0 aliphatic heterocycles. The minimum absolute atomic E-state index is 0.959. The molecule has 3 aromatic rings. The van der Waals surface area contributed by atoms with Gasteiger partial charge in [-0.1, -0.05) is 18.2 Å². The van der Waals surface area contributed by atoms with E-state index in [4.69, 9.17) is 5.10 Å². The van der Waals surface area contributed by atoms with Gasteiger partial charge >= 0.3 is 0 Å². The van der Waals surface area contributed by atoms with Crippen LogP contribution in [0.15, 0.2) is 41.2 Å². The molecule has 0 N–H and O–H groups in total. The zero-order valence-corrected chi connectivity index (χ0v) is 14.0. The normalized spacial score (nSPS) is 13.1. The van der Waals surface area contributed by atoms with E-state index < -0.39 is 0 Å². The zero-order chi connectivity index (χ0) is 15.8. The molecule has 23 heavy (non-hydrogen) atoms. The lowest BCUT2D eigenvalue weighted by atomic mass is 10.0. The van der Waals surface area contributed by atoms with Crippen molar-refractivity contribution in [3.8, 4) is 17.1 Å². The molecule has 2 aromatic heterocycles. The molecular weight excluding hydrogens is 304 g/mol. The third-order valence-electron chi connectivity index (χ3n) is 4.12. The molecule has 0 radical (unpaired) electrons. The summed E-state index contributed by atoms with van der Waals surface area (Å²) in [5.74, 6) is 0. The van der Waals surface area contributed by atoms with Gasteiger partial charge in [0, 0.05) is 30.7 Å². The highest BCUT2D eigenvalue weighted by Crippen LogP contribution is 2.32. The van der Waals surface area contributed by atoms with Gasteiger partial charge in [-0.15, -0.1) is 11.3 Å². The second-order valence-electron chi connectivity index (χ2n) is 5.85. The molecule has 1 aromatic carbocycles. The number of hydrogen-bond donors (Lipinski definition) is 0. The van der Waals surface area contributed by atoms with E-state index in [1.165, 1.54) is 16.9 Å². The Bertz CT molecular complexity index is 859. The lowest BCUT2D eigenvalue weighted by Crippen LogP contribution is -2.10. The predicted octanol–water partition coefficient (Wildman–Crippen LogP) is 4.02. The summed E-state index contributed by atoms with van der Waals surface area (Å²) in [5, 5.41) is 6.96. The van der Waals surface area contributed by atoms with Crippen molar-refractivity contribution in [3.63, 3.8) is 0 Å². The van der Waals surface area contributed by atoms with Crippen LogP contribution in [0.2, 0.25) is 0 Å². The highest BCUT2D eigenvalue weighted by atomic mass is 32.1. The number of anilines is 1. The van der Waals surface area contributed by atoms with Gasteiger partial charge in [-0.25, -0.2) is 9.67 Å². The largest absolute Gasteiger partial charge is 0.378 e. The van der Waals surface area contributed by atoms with Gasteiger partial charge in [0.25, 0.3) is 0 Å². The van der Waals surface area contributed by atoms with E-state index in [0.717, 1.165) is 29.9 Å². The summed E-state index contributed by atoms with van der Waals surface area (Å²) < 4.78 is 2.08. The smallest absolute Gasteiger partial charge is 0.119 e. The second-order valence-corrected chi connectivity index (χ2v) is 6.57. The fourth-order valence-electron chi connectivity index (χ4n) is 2.94. The predicted molar refractivity (Wildman–Crippen MR) is 96.4 cm³/mol. The maximum atomic E-state index is 4.90. The first-order valence-electron chi connectivity index (χ1n) is 7.69. The number of benzene rings is 1. The van der Waals surface area contributed by atoms with Gasteiger partial charge in [0.05, 0.1) is 16.9 Å². The average Bonchev–Trinajstić information content (AvgIpc) is 3.22. The van der Waals surface area contributed by atoms with Crippen LogP contribution < -0.4 is 4.90 Å². The number of nitrogens with zero attached hydrogens (tertiary/aromatic N) is 4. The van der Waals surface area contributed by atoms with Gasteiger partial charge < -0.3 is 4.90 Å². The van der Waals surface area contributed by atoms with Gasteiger partial charge in [0.15, 0.2) is 0 Å². The summed E-state index contributed by atoms with van der Waals surface area (Å²) in [5.41, 5.74) is 8.55. The molecule has 0 bridgehead atoms. The number of fused-ring (bicyclic) bond motifs is 1. The highest BCUT2D eigenvalue weighted by molar-refractivity contribution is 7.07. The first-order chi connectivity index (χ1) is 11.2. The summed E-state index contributed by atoms with van der Waals surface area (Å²) in [7, 11) is 4.11. The van der Waals surface area contributed by atoms with Crippen LogP contribution in [0.3, 0.4) is 0 Å². The van der Waals surface area contributed by atoms with Crippen molar-refractivity contribution in [2.75, 3.05) is 19.0 Å². The summed E-state index contributed by atoms with van der Waals surface area (Å²) in [6.45, 7) is 0. The molecular formula is C18H18N4S. The monoisotopic (exact) mass is 322 g/mol. The first-order valence-corrected chi connectivity index (χ1v) is 8.63. The van der Waals surface area contributed by atoms with Gasteiger partial charge in [-0.3, -0.25) is 0 Å². The van der Waals surface area contributed by atoms with E-state index >= 15 is 0 Å². The molecule has 0 amide bonds. The van der Waals surface area contributed by atoms with E-state index in [-0.39, 0.29) is 0 Å². The Kier molecular flexibility index (Phi) is 3.50. The molecule has 0 unspecified atom stereocenters. The third-order valence-corrected chi connectivity index (χ3v) is 4.71. The molecule has 4 nitrogen and oxygen atoms in total. The quantitative estimate of drug-likeness (QED) is 0.730. The Hall–Kier alpha value is -2.40. The van der Waals surface area contributed by atoms with E-state index in [1.54, 1.807) is 11.3 Å². The van der Waals surface area contributed by atoms with Crippen molar-refractivity contribution >= 4 is 23.1 Å². The van der Waals surface area contributed by atoms with Crippen LogP contribution in [0, 0.1) is 0 Å². The lowest BCUT2D eigenvalue weighted by Gasteiger charge is -2.15. The van der Waals surface area contributed by atoms with Crippen molar-refractivity contribution in [2.24, 2.45) is 0 Å². The number of hydrogen-bond acceptors (Lipinski definition) is 4. The van der Waals surface area contributed by atoms with Crippen LogP contribution >= 0.6 is 11.3 Å². The molecule has 0 saturated carbocycles. The maximum Gasteiger partial charge on any atom is 0.119 e. The van der Waals surface area contributed by atoms with E-state index in [9.17, 15) is 0 Å². The first kappa shape index (κ1) is 14.2. The van der Waals surface area contributed by atoms with Crippen LogP contribution in [0.5, 0.6) is 0 Å². The molecule has 0 saturated heterocycles. The molecule has 0 fully saturated rings. The number of thiazole rings is 1. The standard InChI is InChI=1S/C18H18N4S/c1-21(2)13-6-5-7-14(10-13)22-17-9-4-3-8-15(17)18(20-22)16-11-23-12-19-16/h3,5-8,10-12H,4,9H2,1-2H3. The Morgan fingerprint density at radius 3 is 2.96 bits per heavy atom. The molecule has 1 aliphatic rings. The van der Waals surface area contributed by atoms with Crippen LogP contribution in [0.25, 0.3) is 23.2 Å². The fraction of sp³-hybridized carbons (Fsp3) is 0.222. The molecule has 116 valence electrons.